The number of phenols is 2. The minimum absolute atomic E-state index is 0. The first-order chi connectivity index (χ1) is 6.15. The van der Waals surface area contributed by atoms with Crippen LogP contribution in [0, 0.1) is 0 Å². The molecule has 0 fully saturated rings. The lowest BCUT2D eigenvalue weighted by Gasteiger charge is -2.12. The van der Waals surface area contributed by atoms with Crippen LogP contribution in [0.1, 0.15) is 18.0 Å². The van der Waals surface area contributed by atoms with Gasteiger partial charge in [0.15, 0.2) is 0 Å². The van der Waals surface area contributed by atoms with Crippen molar-refractivity contribution in [3.63, 3.8) is 0 Å². The van der Waals surface area contributed by atoms with Crippen molar-refractivity contribution < 1.29 is 10.2 Å². The smallest absolute Gasteiger partial charge is 0.120 e. The van der Waals surface area contributed by atoms with E-state index in [9.17, 15) is 5.11 Å². The van der Waals surface area contributed by atoms with Crippen LogP contribution in [-0.2, 0) is 0 Å². The summed E-state index contributed by atoms with van der Waals surface area (Å²) in [5.41, 5.74) is 11.6. The van der Waals surface area contributed by atoms with E-state index in [1.165, 1.54) is 18.2 Å². The van der Waals surface area contributed by atoms with Gasteiger partial charge in [-0.1, -0.05) is 0 Å². The molecule has 14 heavy (non-hydrogen) atoms. The standard InChI is InChI=1S/C9H14N2O2.ClH/c10-4-3-8(11)7-5-6(12)1-2-9(7)13;/h1-2,5,8,12-13H,3-4,10-11H2;1H/t8-;/m0./s1. The summed E-state index contributed by atoms with van der Waals surface area (Å²) in [5, 5.41) is 18.6. The van der Waals surface area contributed by atoms with Gasteiger partial charge in [-0.25, -0.2) is 0 Å². The van der Waals surface area contributed by atoms with Crippen molar-refractivity contribution in [2.75, 3.05) is 6.54 Å². The van der Waals surface area contributed by atoms with Crippen molar-refractivity contribution in [2.45, 2.75) is 12.5 Å². The third-order valence-electron chi connectivity index (χ3n) is 1.89. The molecule has 6 N–H and O–H groups in total. The van der Waals surface area contributed by atoms with Crippen molar-refractivity contribution in [3.05, 3.63) is 23.8 Å². The van der Waals surface area contributed by atoms with Gasteiger partial charge in [-0.2, -0.15) is 0 Å². The fourth-order valence-electron chi connectivity index (χ4n) is 1.17. The zero-order valence-electron chi connectivity index (χ0n) is 7.68. The summed E-state index contributed by atoms with van der Waals surface area (Å²) in [6, 6.07) is 3.96. The van der Waals surface area contributed by atoms with Crippen molar-refractivity contribution in [3.8, 4) is 11.5 Å². The number of hydrogen-bond donors (Lipinski definition) is 4. The summed E-state index contributed by atoms with van der Waals surface area (Å²) in [6.45, 7) is 0.455. The average molecular weight is 219 g/mol. The topological polar surface area (TPSA) is 92.5 Å². The van der Waals surface area contributed by atoms with Gasteiger partial charge < -0.3 is 21.7 Å². The zero-order chi connectivity index (χ0) is 9.84. The van der Waals surface area contributed by atoms with Crippen LogP contribution in [0.4, 0.5) is 0 Å². The van der Waals surface area contributed by atoms with E-state index in [4.69, 9.17) is 16.6 Å². The molecule has 0 aliphatic heterocycles. The summed E-state index contributed by atoms with van der Waals surface area (Å²) >= 11 is 0. The van der Waals surface area contributed by atoms with Crippen molar-refractivity contribution >= 4 is 12.4 Å². The van der Waals surface area contributed by atoms with Gasteiger partial charge in [0, 0.05) is 11.6 Å². The van der Waals surface area contributed by atoms with Gasteiger partial charge >= 0.3 is 0 Å². The van der Waals surface area contributed by atoms with Crippen LogP contribution in [-0.4, -0.2) is 16.8 Å². The lowest BCUT2D eigenvalue weighted by Crippen LogP contribution is -2.15. The predicted octanol–water partition coefficient (Wildman–Crippen LogP) is 0.868. The second kappa shape index (κ2) is 5.70. The number of halogens is 1. The lowest BCUT2D eigenvalue weighted by atomic mass is 10.0. The highest BCUT2D eigenvalue weighted by Crippen LogP contribution is 2.27. The maximum atomic E-state index is 9.40. The third-order valence-corrected chi connectivity index (χ3v) is 1.89. The Morgan fingerprint density at radius 1 is 1.29 bits per heavy atom. The molecule has 0 heterocycles. The summed E-state index contributed by atoms with van der Waals surface area (Å²) in [7, 11) is 0. The molecule has 4 nitrogen and oxygen atoms in total. The molecule has 0 aliphatic rings. The highest BCUT2D eigenvalue weighted by Gasteiger charge is 2.10. The molecule has 1 aromatic carbocycles. The molecule has 0 aliphatic carbocycles. The zero-order valence-corrected chi connectivity index (χ0v) is 8.50. The number of hydrogen-bond acceptors (Lipinski definition) is 4. The minimum Gasteiger partial charge on any atom is -0.508 e. The summed E-state index contributed by atoms with van der Waals surface area (Å²) in [6.07, 6.45) is 0.580. The monoisotopic (exact) mass is 218 g/mol. The second-order valence-electron chi connectivity index (χ2n) is 2.93. The van der Waals surface area contributed by atoms with Crippen LogP contribution in [0.5, 0.6) is 11.5 Å². The third kappa shape index (κ3) is 3.06. The van der Waals surface area contributed by atoms with Gasteiger partial charge in [0.2, 0.25) is 0 Å². The molecular formula is C9H15ClN2O2. The number of aromatic hydroxyl groups is 2. The Hall–Kier alpha value is -0.970. The van der Waals surface area contributed by atoms with Gasteiger partial charge in [-0.15, -0.1) is 12.4 Å². The number of nitrogens with two attached hydrogens (primary N) is 2. The van der Waals surface area contributed by atoms with E-state index in [0.717, 1.165) is 0 Å². The van der Waals surface area contributed by atoms with Crippen LogP contribution < -0.4 is 11.5 Å². The Balaban J connectivity index is 0.00000169. The van der Waals surface area contributed by atoms with E-state index in [0.29, 0.717) is 18.5 Å². The van der Waals surface area contributed by atoms with E-state index < -0.39 is 0 Å². The Morgan fingerprint density at radius 3 is 2.50 bits per heavy atom. The Labute approximate surface area is 88.9 Å². The first-order valence-corrected chi connectivity index (χ1v) is 4.12. The predicted molar refractivity (Wildman–Crippen MR) is 57.6 cm³/mol. The molecule has 1 rings (SSSR count). The molecule has 0 bridgehead atoms. The Bertz CT molecular complexity index is 294. The molecule has 0 unspecified atom stereocenters. The highest BCUT2D eigenvalue weighted by molar-refractivity contribution is 5.85. The molecule has 1 atom stereocenters. The largest absolute Gasteiger partial charge is 0.508 e. The van der Waals surface area contributed by atoms with Gasteiger partial charge in [0.05, 0.1) is 0 Å². The van der Waals surface area contributed by atoms with Gasteiger partial charge in [0.1, 0.15) is 11.5 Å². The molecule has 0 aromatic heterocycles. The maximum absolute atomic E-state index is 9.40. The molecule has 5 heteroatoms. The quantitative estimate of drug-likeness (QED) is 0.567. The number of benzene rings is 1. The first-order valence-electron chi connectivity index (χ1n) is 4.12. The molecular weight excluding hydrogens is 204 g/mol. The van der Waals surface area contributed by atoms with Crippen LogP contribution in [0.15, 0.2) is 18.2 Å². The van der Waals surface area contributed by atoms with E-state index in [-0.39, 0.29) is 29.9 Å². The van der Waals surface area contributed by atoms with E-state index in [1.807, 2.05) is 0 Å². The molecule has 0 saturated heterocycles. The molecule has 80 valence electrons. The summed E-state index contributed by atoms with van der Waals surface area (Å²) in [4.78, 5) is 0. The van der Waals surface area contributed by atoms with Crippen LogP contribution in [0.25, 0.3) is 0 Å². The number of rotatable bonds is 3. The minimum atomic E-state index is -0.322. The molecule has 0 spiro atoms. The van der Waals surface area contributed by atoms with E-state index in [1.54, 1.807) is 0 Å². The number of phenolic OH excluding ortho intramolecular Hbond substituents is 2. The van der Waals surface area contributed by atoms with Crippen molar-refractivity contribution in [1.29, 1.82) is 0 Å². The summed E-state index contributed by atoms with van der Waals surface area (Å²) in [5.74, 6) is 0.194. The second-order valence-corrected chi connectivity index (χ2v) is 2.93. The lowest BCUT2D eigenvalue weighted by molar-refractivity contribution is 0.446. The van der Waals surface area contributed by atoms with Crippen LogP contribution in [0.3, 0.4) is 0 Å². The summed E-state index contributed by atoms with van der Waals surface area (Å²) < 4.78 is 0. The SMILES string of the molecule is Cl.NCC[C@H](N)c1cc(O)ccc1O. The van der Waals surface area contributed by atoms with Crippen molar-refractivity contribution in [2.24, 2.45) is 11.5 Å². The van der Waals surface area contributed by atoms with Crippen LogP contribution in [0.2, 0.25) is 0 Å². The Morgan fingerprint density at radius 2 is 1.93 bits per heavy atom. The van der Waals surface area contributed by atoms with E-state index >= 15 is 0 Å². The highest BCUT2D eigenvalue weighted by atomic mass is 35.5. The van der Waals surface area contributed by atoms with Gasteiger partial charge in [0.25, 0.3) is 0 Å². The fourth-order valence-corrected chi connectivity index (χ4v) is 1.17. The van der Waals surface area contributed by atoms with Crippen LogP contribution >= 0.6 is 12.4 Å². The fraction of sp³-hybridized carbons (Fsp3) is 0.333. The van der Waals surface area contributed by atoms with E-state index in [2.05, 4.69) is 0 Å². The molecule has 1 aromatic rings. The average Bonchev–Trinajstić information content (AvgIpc) is 2.09. The van der Waals surface area contributed by atoms with Crippen molar-refractivity contribution in [1.82, 2.24) is 0 Å². The maximum Gasteiger partial charge on any atom is 0.120 e. The van der Waals surface area contributed by atoms with Gasteiger partial charge in [-0.3, -0.25) is 0 Å². The Kier molecular flexibility index (Phi) is 5.30. The van der Waals surface area contributed by atoms with Gasteiger partial charge in [-0.05, 0) is 31.2 Å². The molecule has 0 radical (unpaired) electrons. The molecule has 0 saturated carbocycles. The molecule has 0 amide bonds. The normalized spacial score (nSPS) is 11.9. The first kappa shape index (κ1) is 13.0.